The van der Waals surface area contributed by atoms with Crippen molar-refractivity contribution >= 4 is 11.7 Å². The lowest BCUT2D eigenvalue weighted by molar-refractivity contribution is 0.0216. The zero-order chi connectivity index (χ0) is 19.0. The van der Waals surface area contributed by atoms with Gasteiger partial charge in [-0.15, -0.1) is 0 Å². The Hall–Kier alpha value is -2.08. The summed E-state index contributed by atoms with van der Waals surface area (Å²) in [5.74, 6) is 0.0851. The standard InChI is InChI=1S/C19H28FNO4/c1-14(2)16-8-7-15(20)13-17(16)24-12-11-23-10-9-21(6)18(22)25-19(3,4)5/h7-8,13H,1,9-12H2,2-6H3. The normalized spacial score (nSPS) is 11.1. The Morgan fingerprint density at radius 1 is 1.24 bits per heavy atom. The summed E-state index contributed by atoms with van der Waals surface area (Å²) in [6, 6.07) is 4.35. The van der Waals surface area contributed by atoms with Crippen LogP contribution in [0.3, 0.4) is 0 Å². The summed E-state index contributed by atoms with van der Waals surface area (Å²) in [6.07, 6.45) is -0.391. The fraction of sp³-hybridized carbons (Fsp3) is 0.526. The van der Waals surface area contributed by atoms with E-state index < -0.39 is 11.7 Å². The maximum Gasteiger partial charge on any atom is 0.410 e. The molecule has 1 amide bonds. The third kappa shape index (κ3) is 8.03. The number of benzene rings is 1. The monoisotopic (exact) mass is 353 g/mol. The Balaban J connectivity index is 2.30. The van der Waals surface area contributed by atoms with E-state index in [1.807, 2.05) is 27.7 Å². The molecular formula is C19H28FNO4. The van der Waals surface area contributed by atoms with Gasteiger partial charge >= 0.3 is 6.09 Å². The molecule has 0 spiro atoms. The van der Waals surface area contributed by atoms with Crippen molar-refractivity contribution < 1.29 is 23.4 Å². The molecule has 0 fully saturated rings. The number of rotatable bonds is 8. The minimum atomic E-state index is -0.522. The number of hydrogen-bond acceptors (Lipinski definition) is 4. The lowest BCUT2D eigenvalue weighted by Gasteiger charge is -2.24. The van der Waals surface area contributed by atoms with Crippen LogP contribution in [0.25, 0.3) is 5.57 Å². The summed E-state index contributed by atoms with van der Waals surface area (Å²) in [4.78, 5) is 13.2. The second-order valence-electron chi connectivity index (χ2n) is 6.78. The van der Waals surface area contributed by atoms with Gasteiger partial charge in [0.15, 0.2) is 0 Å². The van der Waals surface area contributed by atoms with Crippen LogP contribution in [-0.2, 0) is 9.47 Å². The van der Waals surface area contributed by atoms with Crippen molar-refractivity contribution in [1.82, 2.24) is 4.90 Å². The molecule has 0 aromatic heterocycles. The van der Waals surface area contributed by atoms with Crippen LogP contribution >= 0.6 is 0 Å². The average Bonchev–Trinajstić information content (AvgIpc) is 2.48. The van der Waals surface area contributed by atoms with E-state index in [9.17, 15) is 9.18 Å². The number of likely N-dealkylation sites (N-methyl/N-ethyl adjacent to an activating group) is 1. The first-order valence-corrected chi connectivity index (χ1v) is 8.20. The SMILES string of the molecule is C=C(C)c1ccc(F)cc1OCCOCCN(C)C(=O)OC(C)(C)C. The van der Waals surface area contributed by atoms with E-state index in [4.69, 9.17) is 14.2 Å². The molecule has 0 aliphatic carbocycles. The Labute approximate surface area is 149 Å². The van der Waals surface area contributed by atoms with E-state index in [1.165, 1.54) is 17.0 Å². The molecule has 0 unspecified atom stereocenters. The van der Waals surface area contributed by atoms with Crippen molar-refractivity contribution in [1.29, 1.82) is 0 Å². The quantitative estimate of drug-likeness (QED) is 0.660. The molecular weight excluding hydrogens is 325 g/mol. The molecule has 0 saturated carbocycles. The molecule has 1 rings (SSSR count). The minimum absolute atomic E-state index is 0.278. The van der Waals surface area contributed by atoms with Gasteiger partial charge in [0.2, 0.25) is 0 Å². The van der Waals surface area contributed by atoms with Gasteiger partial charge in [-0.25, -0.2) is 9.18 Å². The maximum atomic E-state index is 13.3. The zero-order valence-corrected chi connectivity index (χ0v) is 15.7. The van der Waals surface area contributed by atoms with Crippen molar-refractivity contribution in [3.63, 3.8) is 0 Å². The third-order valence-electron chi connectivity index (χ3n) is 3.16. The topological polar surface area (TPSA) is 48.0 Å². The van der Waals surface area contributed by atoms with E-state index >= 15 is 0 Å². The highest BCUT2D eigenvalue weighted by Crippen LogP contribution is 2.25. The summed E-state index contributed by atoms with van der Waals surface area (Å²) in [6.45, 7) is 12.5. The smallest absolute Gasteiger partial charge is 0.410 e. The van der Waals surface area contributed by atoms with Crippen molar-refractivity contribution in [2.75, 3.05) is 33.4 Å². The van der Waals surface area contributed by atoms with E-state index in [0.29, 0.717) is 25.5 Å². The van der Waals surface area contributed by atoms with Gasteiger partial charge in [0.05, 0.1) is 13.2 Å². The molecule has 0 aliphatic heterocycles. The Morgan fingerprint density at radius 2 is 1.92 bits per heavy atom. The summed E-state index contributed by atoms with van der Waals surface area (Å²) in [5, 5.41) is 0. The van der Waals surface area contributed by atoms with Gasteiger partial charge in [0.25, 0.3) is 0 Å². The lowest BCUT2D eigenvalue weighted by Crippen LogP contribution is -2.36. The molecule has 0 radical (unpaired) electrons. The molecule has 0 N–H and O–H groups in total. The number of ether oxygens (including phenoxy) is 3. The van der Waals surface area contributed by atoms with Crippen LogP contribution < -0.4 is 4.74 Å². The fourth-order valence-corrected chi connectivity index (χ4v) is 1.91. The first-order valence-electron chi connectivity index (χ1n) is 8.20. The number of carbonyl (C=O) groups is 1. The van der Waals surface area contributed by atoms with Gasteiger partial charge < -0.3 is 19.1 Å². The van der Waals surface area contributed by atoms with Crippen molar-refractivity contribution in [2.24, 2.45) is 0 Å². The number of hydrogen-bond donors (Lipinski definition) is 0. The molecule has 5 nitrogen and oxygen atoms in total. The number of halogens is 1. The molecule has 0 aliphatic rings. The Bertz CT molecular complexity index is 596. The average molecular weight is 353 g/mol. The van der Waals surface area contributed by atoms with Gasteiger partial charge in [-0.2, -0.15) is 0 Å². The Morgan fingerprint density at radius 3 is 2.52 bits per heavy atom. The second-order valence-corrected chi connectivity index (χ2v) is 6.78. The predicted octanol–water partition coefficient (Wildman–Crippen LogP) is 4.12. The van der Waals surface area contributed by atoms with Crippen LogP contribution in [0.2, 0.25) is 0 Å². The summed E-state index contributed by atoms with van der Waals surface area (Å²) >= 11 is 0. The highest BCUT2D eigenvalue weighted by Gasteiger charge is 2.19. The molecule has 0 saturated heterocycles. The number of allylic oxidation sites excluding steroid dienone is 1. The first kappa shape index (κ1) is 21.0. The number of amides is 1. The summed E-state index contributed by atoms with van der Waals surface area (Å²) in [7, 11) is 1.65. The molecule has 0 atom stereocenters. The van der Waals surface area contributed by atoms with Gasteiger partial charge in [-0.3, -0.25) is 0 Å². The molecule has 1 aromatic rings. The van der Waals surface area contributed by atoms with E-state index in [-0.39, 0.29) is 12.4 Å². The van der Waals surface area contributed by atoms with Crippen LogP contribution in [-0.4, -0.2) is 50.0 Å². The number of carbonyl (C=O) groups excluding carboxylic acids is 1. The van der Waals surface area contributed by atoms with Crippen LogP contribution in [0.15, 0.2) is 24.8 Å². The summed E-state index contributed by atoms with van der Waals surface area (Å²) in [5.41, 5.74) is 1.05. The van der Waals surface area contributed by atoms with Gasteiger partial charge in [0, 0.05) is 25.2 Å². The predicted molar refractivity (Wildman–Crippen MR) is 96.3 cm³/mol. The minimum Gasteiger partial charge on any atom is -0.490 e. The summed E-state index contributed by atoms with van der Waals surface area (Å²) < 4.78 is 29.6. The zero-order valence-electron chi connectivity index (χ0n) is 15.7. The van der Waals surface area contributed by atoms with Crippen molar-refractivity contribution in [3.8, 4) is 5.75 Å². The highest BCUT2D eigenvalue weighted by molar-refractivity contribution is 5.67. The third-order valence-corrected chi connectivity index (χ3v) is 3.16. The second kappa shape index (κ2) is 9.42. The van der Waals surface area contributed by atoms with Crippen LogP contribution in [0.4, 0.5) is 9.18 Å². The first-order chi connectivity index (χ1) is 11.6. The Kier molecular flexibility index (Phi) is 7.90. The van der Waals surface area contributed by atoms with Gasteiger partial charge in [0.1, 0.15) is 23.8 Å². The maximum absolute atomic E-state index is 13.3. The highest BCUT2D eigenvalue weighted by atomic mass is 19.1. The van der Waals surface area contributed by atoms with Crippen LogP contribution in [0.1, 0.15) is 33.3 Å². The van der Waals surface area contributed by atoms with E-state index in [1.54, 1.807) is 13.1 Å². The molecule has 140 valence electrons. The number of nitrogens with zero attached hydrogens (tertiary/aromatic N) is 1. The van der Waals surface area contributed by atoms with E-state index in [2.05, 4.69) is 6.58 Å². The molecule has 25 heavy (non-hydrogen) atoms. The van der Waals surface area contributed by atoms with Crippen LogP contribution in [0.5, 0.6) is 5.75 Å². The molecule has 0 bridgehead atoms. The molecule has 0 heterocycles. The molecule has 1 aromatic carbocycles. The van der Waals surface area contributed by atoms with Crippen molar-refractivity contribution in [3.05, 3.63) is 36.2 Å². The van der Waals surface area contributed by atoms with Gasteiger partial charge in [-0.1, -0.05) is 6.58 Å². The van der Waals surface area contributed by atoms with Crippen LogP contribution in [0, 0.1) is 5.82 Å². The lowest BCUT2D eigenvalue weighted by atomic mass is 10.1. The molecule has 6 heteroatoms. The van der Waals surface area contributed by atoms with Crippen molar-refractivity contribution in [2.45, 2.75) is 33.3 Å². The fourth-order valence-electron chi connectivity index (χ4n) is 1.91. The van der Waals surface area contributed by atoms with E-state index in [0.717, 1.165) is 11.1 Å². The van der Waals surface area contributed by atoms with Gasteiger partial charge in [-0.05, 0) is 45.4 Å². The largest absolute Gasteiger partial charge is 0.490 e.